The lowest BCUT2D eigenvalue weighted by molar-refractivity contribution is 0.727. The van der Waals surface area contributed by atoms with Crippen molar-refractivity contribution in [3.63, 3.8) is 0 Å². The first-order valence-corrected chi connectivity index (χ1v) is 4.86. The van der Waals surface area contributed by atoms with Gasteiger partial charge in [0.15, 0.2) is 0 Å². The van der Waals surface area contributed by atoms with E-state index in [9.17, 15) is 0 Å². The van der Waals surface area contributed by atoms with Gasteiger partial charge >= 0.3 is 0 Å². The molecule has 0 bridgehead atoms. The molecule has 1 aromatic rings. The Morgan fingerprint density at radius 1 is 1.27 bits per heavy atom. The van der Waals surface area contributed by atoms with Crippen LogP contribution in [0.4, 0.5) is 0 Å². The summed E-state index contributed by atoms with van der Waals surface area (Å²) < 4.78 is 1.29. The van der Waals surface area contributed by atoms with E-state index in [0.29, 0.717) is 0 Å². The van der Waals surface area contributed by atoms with Crippen molar-refractivity contribution in [1.82, 2.24) is 5.32 Å². The Morgan fingerprint density at radius 2 is 1.91 bits per heavy atom. The van der Waals surface area contributed by atoms with E-state index in [4.69, 9.17) is 0 Å². The zero-order valence-electron chi connectivity index (χ0n) is 6.60. The lowest BCUT2D eigenvalue weighted by Gasteiger charge is -2.00. The molecule has 1 N–H and O–H groups in total. The van der Waals surface area contributed by atoms with Gasteiger partial charge in [0, 0.05) is 10.1 Å². The van der Waals surface area contributed by atoms with Crippen molar-refractivity contribution in [1.29, 1.82) is 0 Å². The van der Waals surface area contributed by atoms with Crippen molar-refractivity contribution in [2.45, 2.75) is 13.5 Å². The summed E-state index contributed by atoms with van der Waals surface area (Å²) in [6.45, 7) is 4.13. The highest BCUT2D eigenvalue weighted by molar-refractivity contribution is 14.1. The molecule has 0 saturated heterocycles. The fraction of sp³-hybridized carbons (Fsp3) is 0.333. The van der Waals surface area contributed by atoms with Crippen LogP contribution in [0.1, 0.15) is 12.5 Å². The van der Waals surface area contributed by atoms with Crippen LogP contribution in [0, 0.1) is 3.57 Å². The first kappa shape index (κ1) is 9.00. The van der Waals surface area contributed by atoms with Crippen LogP contribution in [0.2, 0.25) is 0 Å². The van der Waals surface area contributed by atoms with Gasteiger partial charge < -0.3 is 5.32 Å². The fourth-order valence-corrected chi connectivity index (χ4v) is 1.23. The quantitative estimate of drug-likeness (QED) is 0.824. The second kappa shape index (κ2) is 4.72. The molecule has 0 aliphatic carbocycles. The number of hydrogen-bond donors (Lipinski definition) is 1. The first-order valence-electron chi connectivity index (χ1n) is 3.78. The van der Waals surface area contributed by atoms with Gasteiger partial charge in [-0.2, -0.15) is 0 Å². The van der Waals surface area contributed by atoms with Gasteiger partial charge in [-0.3, -0.25) is 0 Å². The molecule has 0 heterocycles. The van der Waals surface area contributed by atoms with Gasteiger partial charge in [-0.1, -0.05) is 19.1 Å². The number of rotatable bonds is 3. The number of halogens is 1. The van der Waals surface area contributed by atoms with E-state index in [2.05, 4.69) is 59.1 Å². The molecule has 0 radical (unpaired) electrons. The fourth-order valence-electron chi connectivity index (χ4n) is 0.872. The molecule has 2 heteroatoms. The Morgan fingerprint density at radius 3 is 2.45 bits per heavy atom. The van der Waals surface area contributed by atoms with Gasteiger partial charge in [-0.25, -0.2) is 0 Å². The highest BCUT2D eigenvalue weighted by atomic mass is 127. The molecule has 0 aliphatic heterocycles. The summed E-state index contributed by atoms with van der Waals surface area (Å²) in [5.74, 6) is 0. The number of benzene rings is 1. The average molecular weight is 261 g/mol. The zero-order valence-corrected chi connectivity index (χ0v) is 8.76. The highest BCUT2D eigenvalue weighted by Gasteiger charge is 1.89. The molecule has 0 amide bonds. The molecular formula is C9H12IN. The third-order valence-corrected chi connectivity index (χ3v) is 2.21. The van der Waals surface area contributed by atoms with E-state index in [1.165, 1.54) is 9.13 Å². The van der Waals surface area contributed by atoms with Crippen LogP contribution in [-0.4, -0.2) is 6.54 Å². The molecule has 1 nitrogen and oxygen atoms in total. The molecule has 0 fully saturated rings. The predicted molar refractivity (Wildman–Crippen MR) is 56.5 cm³/mol. The van der Waals surface area contributed by atoms with Crippen LogP contribution in [0.3, 0.4) is 0 Å². The lowest BCUT2D eigenvalue weighted by Crippen LogP contribution is -2.11. The van der Waals surface area contributed by atoms with Crippen LogP contribution >= 0.6 is 22.6 Å². The number of hydrogen-bond acceptors (Lipinski definition) is 1. The molecule has 11 heavy (non-hydrogen) atoms. The normalized spacial score (nSPS) is 10.0. The van der Waals surface area contributed by atoms with Crippen LogP contribution in [0.5, 0.6) is 0 Å². The van der Waals surface area contributed by atoms with Gasteiger partial charge in [0.2, 0.25) is 0 Å². The van der Waals surface area contributed by atoms with E-state index in [-0.39, 0.29) is 0 Å². The van der Waals surface area contributed by atoms with Crippen molar-refractivity contribution >= 4 is 22.6 Å². The van der Waals surface area contributed by atoms with Crippen LogP contribution < -0.4 is 5.32 Å². The SMILES string of the molecule is CCNCc1ccc(I)cc1. The maximum Gasteiger partial charge on any atom is 0.0205 e. The van der Waals surface area contributed by atoms with E-state index < -0.39 is 0 Å². The van der Waals surface area contributed by atoms with Gasteiger partial charge in [0.1, 0.15) is 0 Å². The van der Waals surface area contributed by atoms with Crippen molar-refractivity contribution in [3.8, 4) is 0 Å². The second-order valence-electron chi connectivity index (χ2n) is 2.41. The lowest BCUT2D eigenvalue weighted by atomic mass is 10.2. The third kappa shape index (κ3) is 3.20. The Bertz CT molecular complexity index is 205. The smallest absolute Gasteiger partial charge is 0.0205 e. The van der Waals surface area contributed by atoms with E-state index in [1.807, 2.05) is 0 Å². The van der Waals surface area contributed by atoms with Crippen LogP contribution in [-0.2, 0) is 6.54 Å². The average Bonchev–Trinajstić information content (AvgIpc) is 2.04. The van der Waals surface area contributed by atoms with E-state index in [1.54, 1.807) is 0 Å². The molecule has 0 spiro atoms. The minimum Gasteiger partial charge on any atom is -0.313 e. The van der Waals surface area contributed by atoms with Gasteiger partial charge in [0.25, 0.3) is 0 Å². The maximum absolute atomic E-state index is 3.28. The first-order chi connectivity index (χ1) is 5.33. The van der Waals surface area contributed by atoms with Crippen molar-refractivity contribution in [3.05, 3.63) is 33.4 Å². The molecule has 0 saturated carbocycles. The zero-order chi connectivity index (χ0) is 8.10. The molecule has 0 aliphatic rings. The predicted octanol–water partition coefficient (Wildman–Crippen LogP) is 2.40. The topological polar surface area (TPSA) is 12.0 Å². The van der Waals surface area contributed by atoms with E-state index >= 15 is 0 Å². The third-order valence-electron chi connectivity index (χ3n) is 1.49. The van der Waals surface area contributed by atoms with E-state index in [0.717, 1.165) is 13.1 Å². The summed E-state index contributed by atoms with van der Waals surface area (Å²) in [5, 5.41) is 3.28. The highest BCUT2D eigenvalue weighted by Crippen LogP contribution is 2.05. The largest absolute Gasteiger partial charge is 0.313 e. The summed E-state index contributed by atoms with van der Waals surface area (Å²) in [5.41, 5.74) is 1.35. The van der Waals surface area contributed by atoms with Gasteiger partial charge in [-0.15, -0.1) is 0 Å². The molecule has 0 aromatic heterocycles. The molecule has 0 unspecified atom stereocenters. The van der Waals surface area contributed by atoms with Crippen molar-refractivity contribution < 1.29 is 0 Å². The Labute approximate surface area is 81.3 Å². The molecule has 0 atom stereocenters. The van der Waals surface area contributed by atoms with Gasteiger partial charge in [-0.05, 0) is 46.8 Å². The minimum atomic E-state index is 0.980. The molecule has 60 valence electrons. The summed E-state index contributed by atoms with van der Waals surface area (Å²) >= 11 is 2.31. The standard InChI is InChI=1S/C9H12IN/c1-2-11-7-8-3-5-9(10)6-4-8/h3-6,11H,2,7H2,1H3. The van der Waals surface area contributed by atoms with Crippen LogP contribution in [0.15, 0.2) is 24.3 Å². The van der Waals surface area contributed by atoms with Crippen molar-refractivity contribution in [2.24, 2.45) is 0 Å². The summed E-state index contributed by atoms with van der Waals surface area (Å²) in [6, 6.07) is 8.58. The van der Waals surface area contributed by atoms with Crippen LogP contribution in [0.25, 0.3) is 0 Å². The summed E-state index contributed by atoms with van der Waals surface area (Å²) in [6.07, 6.45) is 0. The molecule has 1 aromatic carbocycles. The monoisotopic (exact) mass is 261 g/mol. The molecule has 1 rings (SSSR count). The summed E-state index contributed by atoms with van der Waals surface area (Å²) in [4.78, 5) is 0. The maximum atomic E-state index is 3.28. The minimum absolute atomic E-state index is 0.980. The Kier molecular flexibility index (Phi) is 3.86. The number of nitrogens with one attached hydrogen (secondary N) is 1. The Hall–Kier alpha value is -0.0900. The van der Waals surface area contributed by atoms with Crippen molar-refractivity contribution in [2.75, 3.05) is 6.54 Å². The Balaban J connectivity index is 2.52. The summed E-state index contributed by atoms with van der Waals surface area (Å²) in [7, 11) is 0. The second-order valence-corrected chi connectivity index (χ2v) is 3.65. The molecular weight excluding hydrogens is 249 g/mol. The van der Waals surface area contributed by atoms with Gasteiger partial charge in [0.05, 0.1) is 0 Å².